The Bertz CT molecular complexity index is 1160. The first kappa shape index (κ1) is 16.4. The molecule has 0 saturated heterocycles. The number of rotatable bonds is 4. The minimum absolute atomic E-state index is 0.631. The van der Waals surface area contributed by atoms with Gasteiger partial charge in [0.2, 0.25) is 0 Å². The normalized spacial score (nSPS) is 12.7. The molecule has 3 N–H and O–H groups in total. The third kappa shape index (κ3) is 3.06. The van der Waals surface area contributed by atoms with Gasteiger partial charge in [0.1, 0.15) is 5.82 Å². The maximum absolute atomic E-state index is 4.70. The summed E-state index contributed by atoms with van der Waals surface area (Å²) in [6, 6.07) is 14.1. The summed E-state index contributed by atoms with van der Waals surface area (Å²) in [5, 5.41) is 6.27. The van der Waals surface area contributed by atoms with Crippen molar-refractivity contribution in [1.29, 1.82) is 0 Å². The second kappa shape index (κ2) is 6.75. The summed E-state index contributed by atoms with van der Waals surface area (Å²) in [7, 11) is 0. The fourth-order valence-corrected chi connectivity index (χ4v) is 3.15. The number of aryl methyl sites for hydroxylation is 1. The van der Waals surface area contributed by atoms with Gasteiger partial charge >= 0.3 is 0 Å². The van der Waals surface area contributed by atoms with Gasteiger partial charge in [0.15, 0.2) is 17.5 Å². The molecule has 0 fully saturated rings. The number of nitrogens with zero attached hydrogens (tertiary/aromatic N) is 5. The zero-order valence-electron chi connectivity index (χ0n) is 15.2. The average Bonchev–Trinajstić information content (AvgIpc) is 3.12. The van der Waals surface area contributed by atoms with E-state index in [1.165, 1.54) is 0 Å². The summed E-state index contributed by atoms with van der Waals surface area (Å²) in [5.74, 6) is 2.82. The van der Waals surface area contributed by atoms with E-state index < -0.39 is 0 Å². The van der Waals surface area contributed by atoms with Gasteiger partial charge in [-0.3, -0.25) is 15.4 Å². The molecule has 5 rings (SSSR count). The van der Waals surface area contributed by atoms with Crippen LogP contribution in [0.4, 0.5) is 23.3 Å². The predicted molar refractivity (Wildman–Crippen MR) is 109 cm³/mol. The van der Waals surface area contributed by atoms with Crippen LogP contribution in [0.25, 0.3) is 10.9 Å². The number of hydrogen-bond donors (Lipinski definition) is 3. The zero-order valence-corrected chi connectivity index (χ0v) is 15.2. The quantitative estimate of drug-likeness (QED) is 0.504. The highest BCUT2D eigenvalue weighted by Gasteiger charge is 2.22. The van der Waals surface area contributed by atoms with E-state index in [4.69, 9.17) is 4.98 Å². The van der Waals surface area contributed by atoms with Crippen molar-refractivity contribution in [2.24, 2.45) is 0 Å². The first-order chi connectivity index (χ1) is 13.8. The Labute approximate surface area is 161 Å². The molecule has 0 unspecified atom stereocenters. The van der Waals surface area contributed by atoms with Gasteiger partial charge in [-0.2, -0.15) is 0 Å². The van der Waals surface area contributed by atoms with Gasteiger partial charge in [0, 0.05) is 17.8 Å². The molecule has 3 aromatic heterocycles. The zero-order chi connectivity index (χ0) is 18.9. The van der Waals surface area contributed by atoms with Crippen molar-refractivity contribution >= 4 is 34.2 Å². The predicted octanol–water partition coefficient (Wildman–Crippen LogP) is 3.32. The summed E-state index contributed by atoms with van der Waals surface area (Å²) >= 11 is 0. The molecule has 0 aliphatic carbocycles. The van der Waals surface area contributed by atoms with Gasteiger partial charge in [-0.25, -0.2) is 15.0 Å². The van der Waals surface area contributed by atoms with E-state index in [2.05, 4.69) is 49.4 Å². The summed E-state index contributed by atoms with van der Waals surface area (Å²) in [6.45, 7) is 2.63. The molecule has 0 spiro atoms. The molecule has 138 valence electrons. The molecule has 4 heterocycles. The van der Waals surface area contributed by atoms with Crippen molar-refractivity contribution < 1.29 is 0 Å². The van der Waals surface area contributed by atoms with Gasteiger partial charge in [0.05, 0.1) is 18.3 Å². The summed E-state index contributed by atoms with van der Waals surface area (Å²) < 4.78 is 0. The highest BCUT2D eigenvalue weighted by Crippen LogP contribution is 2.28. The number of fused-ring (bicyclic) bond motifs is 2. The lowest BCUT2D eigenvalue weighted by molar-refractivity contribution is 0.717. The lowest BCUT2D eigenvalue weighted by Crippen LogP contribution is -2.35. The van der Waals surface area contributed by atoms with Crippen LogP contribution in [0, 0.1) is 6.92 Å². The molecule has 1 aliphatic heterocycles. The molecule has 0 saturated carbocycles. The van der Waals surface area contributed by atoms with E-state index in [-0.39, 0.29) is 0 Å². The third-order valence-corrected chi connectivity index (χ3v) is 4.58. The Morgan fingerprint density at radius 2 is 1.93 bits per heavy atom. The number of pyridine rings is 2. The van der Waals surface area contributed by atoms with Crippen molar-refractivity contribution in [3.63, 3.8) is 0 Å². The van der Waals surface area contributed by atoms with Gasteiger partial charge in [-0.05, 0) is 42.3 Å². The largest absolute Gasteiger partial charge is 0.323 e. The van der Waals surface area contributed by atoms with E-state index in [1.54, 1.807) is 18.6 Å². The molecular formula is C20H18N8. The van der Waals surface area contributed by atoms with Crippen LogP contribution in [0.3, 0.4) is 0 Å². The Kier molecular flexibility index (Phi) is 3.95. The Morgan fingerprint density at radius 3 is 2.86 bits per heavy atom. The van der Waals surface area contributed by atoms with E-state index in [0.717, 1.165) is 33.7 Å². The van der Waals surface area contributed by atoms with Gasteiger partial charge in [-0.1, -0.05) is 18.2 Å². The van der Waals surface area contributed by atoms with Crippen molar-refractivity contribution in [1.82, 2.24) is 25.5 Å². The van der Waals surface area contributed by atoms with E-state index in [0.29, 0.717) is 18.2 Å². The maximum Gasteiger partial charge on any atom is 0.191 e. The van der Waals surface area contributed by atoms with Crippen LogP contribution in [0.5, 0.6) is 0 Å². The topological polar surface area (TPSA) is 90.9 Å². The van der Waals surface area contributed by atoms with E-state index in [1.807, 2.05) is 36.2 Å². The second-order valence-electron chi connectivity index (χ2n) is 6.57. The van der Waals surface area contributed by atoms with Crippen LogP contribution in [0.1, 0.15) is 11.1 Å². The standard InChI is InChI=1S/C20H18N8/c1-13-4-2-9-22-18(13)24-17-11-23-19-20(25-17)28(27-26-19)12-14-6-7-16-15(10-14)5-3-8-21-16/h2-11,27H,12H2,1H3,(H,23,26)(H,22,24,25). The summed E-state index contributed by atoms with van der Waals surface area (Å²) in [4.78, 5) is 17.9. The van der Waals surface area contributed by atoms with Gasteiger partial charge < -0.3 is 5.32 Å². The highest BCUT2D eigenvalue weighted by molar-refractivity contribution is 5.79. The van der Waals surface area contributed by atoms with Crippen molar-refractivity contribution in [2.45, 2.75) is 13.5 Å². The van der Waals surface area contributed by atoms with Gasteiger partial charge in [-0.15, -0.1) is 5.53 Å². The van der Waals surface area contributed by atoms with Crippen LogP contribution in [-0.2, 0) is 6.54 Å². The minimum atomic E-state index is 0.631. The number of nitrogens with one attached hydrogen (secondary N) is 3. The van der Waals surface area contributed by atoms with Crippen LogP contribution >= 0.6 is 0 Å². The second-order valence-corrected chi connectivity index (χ2v) is 6.57. The number of anilines is 4. The van der Waals surface area contributed by atoms with E-state index in [9.17, 15) is 0 Å². The average molecular weight is 370 g/mol. The molecule has 0 bridgehead atoms. The van der Waals surface area contributed by atoms with Crippen LogP contribution in [0.2, 0.25) is 0 Å². The number of aromatic nitrogens is 4. The molecule has 1 aliphatic rings. The van der Waals surface area contributed by atoms with Crippen molar-refractivity contribution in [3.05, 3.63) is 72.2 Å². The molecule has 0 radical (unpaired) electrons. The first-order valence-corrected chi connectivity index (χ1v) is 8.95. The first-order valence-electron chi connectivity index (χ1n) is 8.95. The third-order valence-electron chi connectivity index (χ3n) is 4.58. The number of hydrazine groups is 2. The number of hydrogen-bond acceptors (Lipinski definition) is 8. The van der Waals surface area contributed by atoms with Gasteiger partial charge in [0.25, 0.3) is 0 Å². The Morgan fingerprint density at radius 1 is 1.04 bits per heavy atom. The molecule has 1 aromatic carbocycles. The van der Waals surface area contributed by atoms with Crippen LogP contribution in [0.15, 0.2) is 61.1 Å². The molecule has 8 nitrogen and oxygen atoms in total. The fourth-order valence-electron chi connectivity index (χ4n) is 3.15. The van der Waals surface area contributed by atoms with E-state index >= 15 is 0 Å². The van der Waals surface area contributed by atoms with Crippen molar-refractivity contribution in [3.8, 4) is 0 Å². The summed E-state index contributed by atoms with van der Waals surface area (Å²) in [6.07, 6.45) is 5.24. The molecular weight excluding hydrogens is 352 g/mol. The molecule has 28 heavy (non-hydrogen) atoms. The Balaban J connectivity index is 1.41. The maximum atomic E-state index is 4.70. The minimum Gasteiger partial charge on any atom is -0.323 e. The smallest absolute Gasteiger partial charge is 0.191 e. The van der Waals surface area contributed by atoms with Crippen molar-refractivity contribution in [2.75, 3.05) is 15.8 Å². The Hall–Kier alpha value is -3.78. The molecule has 0 atom stereocenters. The lowest BCUT2D eigenvalue weighted by Gasteiger charge is -2.17. The SMILES string of the molecule is Cc1cccnc1Nc1cnc2c(n1)N(Cc1ccc3ncccc3c1)NN2. The molecule has 8 heteroatoms. The lowest BCUT2D eigenvalue weighted by atomic mass is 10.1. The highest BCUT2D eigenvalue weighted by atomic mass is 15.7. The van der Waals surface area contributed by atoms with Crippen LogP contribution < -0.4 is 21.3 Å². The summed E-state index contributed by atoms with van der Waals surface area (Å²) in [5.41, 5.74) is 9.35. The number of benzene rings is 1. The fraction of sp³-hybridized carbons (Fsp3) is 0.100. The monoisotopic (exact) mass is 370 g/mol. The van der Waals surface area contributed by atoms with Crippen LogP contribution in [-0.4, -0.2) is 19.9 Å². The molecule has 4 aromatic rings. The molecule has 0 amide bonds.